The topological polar surface area (TPSA) is 63.6 Å². The molecule has 0 radical (unpaired) electrons. The normalized spacial score (nSPS) is 11.2. The molecule has 128 valence electrons. The summed E-state index contributed by atoms with van der Waals surface area (Å²) in [4.78, 5) is 16.0. The van der Waals surface area contributed by atoms with Gasteiger partial charge in [-0.1, -0.05) is 0 Å². The highest BCUT2D eigenvalue weighted by Crippen LogP contribution is 2.25. The van der Waals surface area contributed by atoms with Gasteiger partial charge in [0.05, 0.1) is 12.6 Å². The lowest BCUT2D eigenvalue weighted by molar-refractivity contribution is -0.120. The van der Waals surface area contributed by atoms with Crippen LogP contribution >= 0.6 is 11.3 Å². The molecule has 1 heterocycles. The summed E-state index contributed by atoms with van der Waals surface area (Å²) in [5.41, 5.74) is 5.12. The lowest BCUT2D eigenvalue weighted by Gasteiger charge is -2.11. The minimum Gasteiger partial charge on any atom is -0.434 e. The minimum atomic E-state index is -2.87. The number of nitrogens with zero attached hydrogens (tertiary/aromatic N) is 2. The number of thiazole rings is 1. The van der Waals surface area contributed by atoms with Gasteiger partial charge in [0.15, 0.2) is 0 Å². The van der Waals surface area contributed by atoms with Gasteiger partial charge < -0.3 is 4.74 Å². The lowest BCUT2D eigenvalue weighted by Crippen LogP contribution is -2.19. The summed E-state index contributed by atoms with van der Waals surface area (Å²) in [5, 5.41) is 6.48. The zero-order chi connectivity index (χ0) is 17.7. The van der Waals surface area contributed by atoms with Gasteiger partial charge in [-0.3, -0.25) is 4.79 Å². The van der Waals surface area contributed by atoms with Crippen LogP contribution in [-0.4, -0.2) is 23.7 Å². The van der Waals surface area contributed by atoms with Crippen molar-refractivity contribution in [1.82, 2.24) is 10.4 Å². The van der Waals surface area contributed by atoms with E-state index in [-0.39, 0.29) is 18.1 Å². The number of alkyl halides is 2. The van der Waals surface area contributed by atoms with E-state index in [9.17, 15) is 13.6 Å². The zero-order valence-corrected chi connectivity index (χ0v) is 14.3. The molecule has 0 unspecified atom stereocenters. The number of ether oxygens (including phenoxy) is 1. The Bertz CT molecular complexity index is 737. The molecule has 0 atom stereocenters. The Kier molecular flexibility index (Phi) is 5.97. The third kappa shape index (κ3) is 5.09. The molecule has 8 heteroatoms. The summed E-state index contributed by atoms with van der Waals surface area (Å²) in [6.07, 6.45) is 1.62. The SMILES string of the molecule is Cc1csc(CC(=O)N/N=C\c2cc(C)c(OC(F)F)c(C)c2)n1. The highest BCUT2D eigenvalue weighted by atomic mass is 32.1. The van der Waals surface area contributed by atoms with Crippen molar-refractivity contribution >= 4 is 23.5 Å². The number of benzene rings is 1. The van der Waals surface area contributed by atoms with E-state index in [1.165, 1.54) is 17.6 Å². The molecule has 1 aromatic heterocycles. The van der Waals surface area contributed by atoms with Gasteiger partial charge in [-0.25, -0.2) is 10.4 Å². The van der Waals surface area contributed by atoms with E-state index in [4.69, 9.17) is 0 Å². The maximum atomic E-state index is 12.4. The number of amides is 1. The number of hydrogen-bond donors (Lipinski definition) is 1. The maximum Gasteiger partial charge on any atom is 0.387 e. The summed E-state index contributed by atoms with van der Waals surface area (Å²) < 4.78 is 29.2. The first-order valence-corrected chi connectivity index (χ1v) is 8.02. The molecule has 0 bridgehead atoms. The van der Waals surface area contributed by atoms with Gasteiger partial charge in [-0.05, 0) is 49.6 Å². The summed E-state index contributed by atoms with van der Waals surface area (Å²) in [5.74, 6) is -0.114. The molecule has 0 aliphatic heterocycles. The van der Waals surface area contributed by atoms with Gasteiger partial charge >= 0.3 is 6.61 Å². The fourth-order valence-corrected chi connectivity index (χ4v) is 2.94. The quantitative estimate of drug-likeness (QED) is 0.640. The molecule has 24 heavy (non-hydrogen) atoms. The van der Waals surface area contributed by atoms with Crippen molar-refractivity contribution in [2.24, 2.45) is 5.10 Å². The van der Waals surface area contributed by atoms with Crippen LogP contribution in [0.2, 0.25) is 0 Å². The molecule has 0 aliphatic rings. The molecule has 0 saturated carbocycles. The molecule has 0 saturated heterocycles. The van der Waals surface area contributed by atoms with E-state index in [0.29, 0.717) is 16.7 Å². The first kappa shape index (κ1) is 18.0. The summed E-state index contributed by atoms with van der Waals surface area (Å²) in [7, 11) is 0. The molecule has 1 aromatic carbocycles. The van der Waals surface area contributed by atoms with Crippen LogP contribution < -0.4 is 10.2 Å². The first-order chi connectivity index (χ1) is 11.3. The van der Waals surface area contributed by atoms with Crippen LogP contribution in [0.5, 0.6) is 5.75 Å². The van der Waals surface area contributed by atoms with Crippen LogP contribution in [-0.2, 0) is 11.2 Å². The third-order valence-corrected chi connectivity index (χ3v) is 4.04. The predicted octanol–water partition coefficient (Wildman–Crippen LogP) is 3.36. The first-order valence-electron chi connectivity index (χ1n) is 7.14. The van der Waals surface area contributed by atoms with Crippen molar-refractivity contribution in [1.29, 1.82) is 0 Å². The Morgan fingerprint density at radius 2 is 2.04 bits per heavy atom. The summed E-state index contributed by atoms with van der Waals surface area (Å²) in [6.45, 7) is 2.34. The summed E-state index contributed by atoms with van der Waals surface area (Å²) in [6, 6.07) is 3.31. The van der Waals surface area contributed by atoms with Crippen LogP contribution in [0.15, 0.2) is 22.6 Å². The Labute approximate surface area is 142 Å². The zero-order valence-electron chi connectivity index (χ0n) is 13.5. The van der Waals surface area contributed by atoms with E-state index >= 15 is 0 Å². The highest BCUT2D eigenvalue weighted by Gasteiger charge is 2.11. The van der Waals surface area contributed by atoms with Crippen LogP contribution in [0.4, 0.5) is 8.78 Å². The number of aromatic nitrogens is 1. The number of carbonyl (C=O) groups excluding carboxylic acids is 1. The molecule has 1 N–H and O–H groups in total. The van der Waals surface area contributed by atoms with E-state index < -0.39 is 6.61 Å². The van der Waals surface area contributed by atoms with Crippen molar-refractivity contribution in [3.63, 3.8) is 0 Å². The third-order valence-electron chi connectivity index (χ3n) is 3.07. The lowest BCUT2D eigenvalue weighted by atomic mass is 10.1. The number of hydrazone groups is 1. The number of nitrogens with one attached hydrogen (secondary N) is 1. The number of aryl methyl sites for hydroxylation is 3. The molecule has 0 spiro atoms. The van der Waals surface area contributed by atoms with Crippen LogP contribution in [0, 0.1) is 20.8 Å². The number of carbonyl (C=O) groups is 1. The molecule has 0 fully saturated rings. The van der Waals surface area contributed by atoms with E-state index in [2.05, 4.69) is 20.2 Å². The fraction of sp³-hybridized carbons (Fsp3) is 0.312. The number of hydrogen-bond acceptors (Lipinski definition) is 5. The number of halogens is 2. The van der Waals surface area contributed by atoms with Crippen molar-refractivity contribution in [3.05, 3.63) is 44.9 Å². The minimum absolute atomic E-state index is 0.158. The number of rotatable bonds is 6. The van der Waals surface area contributed by atoms with E-state index in [1.807, 2.05) is 12.3 Å². The van der Waals surface area contributed by atoms with Crippen molar-refractivity contribution < 1.29 is 18.3 Å². The Morgan fingerprint density at radius 1 is 1.38 bits per heavy atom. The van der Waals surface area contributed by atoms with Gasteiger partial charge in [0.2, 0.25) is 5.91 Å². The van der Waals surface area contributed by atoms with Gasteiger partial charge in [-0.15, -0.1) is 11.3 Å². The fourth-order valence-electron chi connectivity index (χ4n) is 2.17. The van der Waals surface area contributed by atoms with Crippen LogP contribution in [0.25, 0.3) is 0 Å². The van der Waals surface area contributed by atoms with Crippen LogP contribution in [0.1, 0.15) is 27.4 Å². The van der Waals surface area contributed by atoms with Crippen molar-refractivity contribution in [3.8, 4) is 5.75 Å². The molecule has 0 aliphatic carbocycles. The monoisotopic (exact) mass is 353 g/mol. The second kappa shape index (κ2) is 7.96. The highest BCUT2D eigenvalue weighted by molar-refractivity contribution is 7.09. The predicted molar refractivity (Wildman–Crippen MR) is 88.8 cm³/mol. The van der Waals surface area contributed by atoms with Crippen molar-refractivity contribution in [2.45, 2.75) is 33.8 Å². The molecule has 5 nitrogen and oxygen atoms in total. The van der Waals surface area contributed by atoms with Gasteiger partial charge in [0.25, 0.3) is 0 Å². The average molecular weight is 353 g/mol. The molecular weight excluding hydrogens is 336 g/mol. The standard InChI is InChI=1S/C16H17F2N3O2S/c1-9-4-12(5-10(2)15(9)23-16(17)18)7-19-21-13(22)6-14-20-11(3)8-24-14/h4-5,7-8,16H,6H2,1-3H3,(H,21,22)/b19-7-. The Balaban J connectivity index is 1.97. The second-order valence-electron chi connectivity index (χ2n) is 5.21. The Hall–Kier alpha value is -2.35. The van der Waals surface area contributed by atoms with Crippen molar-refractivity contribution in [2.75, 3.05) is 0 Å². The van der Waals surface area contributed by atoms with Crippen LogP contribution in [0.3, 0.4) is 0 Å². The van der Waals surface area contributed by atoms with Gasteiger partial charge in [-0.2, -0.15) is 13.9 Å². The Morgan fingerprint density at radius 3 is 2.58 bits per heavy atom. The molecule has 2 aromatic rings. The smallest absolute Gasteiger partial charge is 0.387 e. The average Bonchev–Trinajstić information content (AvgIpc) is 2.88. The van der Waals surface area contributed by atoms with E-state index in [1.54, 1.807) is 26.0 Å². The van der Waals surface area contributed by atoms with Gasteiger partial charge in [0, 0.05) is 11.1 Å². The maximum absolute atomic E-state index is 12.4. The molecular formula is C16H17F2N3O2S. The molecule has 2 rings (SSSR count). The van der Waals surface area contributed by atoms with E-state index in [0.717, 1.165) is 10.7 Å². The second-order valence-corrected chi connectivity index (χ2v) is 6.16. The van der Waals surface area contributed by atoms with Gasteiger partial charge in [0.1, 0.15) is 10.8 Å². The summed E-state index contributed by atoms with van der Waals surface area (Å²) >= 11 is 1.42. The molecule has 1 amide bonds. The largest absolute Gasteiger partial charge is 0.434 e.